The topological polar surface area (TPSA) is 15.3 Å². The number of fused-ring (bicyclic) bond motifs is 1. The van der Waals surface area contributed by atoms with E-state index in [9.17, 15) is 0 Å². The van der Waals surface area contributed by atoms with Gasteiger partial charge in [-0.3, -0.25) is 0 Å². The van der Waals surface area contributed by atoms with E-state index in [1.165, 1.54) is 16.8 Å². The van der Waals surface area contributed by atoms with Crippen LogP contribution in [0.1, 0.15) is 29.7 Å². The fourth-order valence-corrected chi connectivity index (χ4v) is 3.07. The van der Waals surface area contributed by atoms with Crippen molar-refractivity contribution in [3.63, 3.8) is 0 Å². The van der Waals surface area contributed by atoms with E-state index in [2.05, 4.69) is 59.6 Å². The molecular weight excluding hydrogens is 268 g/mol. The third kappa shape index (κ3) is 2.41. The molecule has 1 aliphatic rings. The zero-order valence-corrected chi connectivity index (χ0v) is 12.6. The van der Waals surface area contributed by atoms with Crippen LogP contribution in [0.25, 0.3) is 0 Å². The number of benzene rings is 2. The second-order valence-electron chi connectivity index (χ2n) is 5.34. The third-order valence-electron chi connectivity index (χ3n) is 4.09. The summed E-state index contributed by atoms with van der Waals surface area (Å²) in [6, 6.07) is 15.3. The van der Waals surface area contributed by atoms with Gasteiger partial charge in [0.15, 0.2) is 0 Å². The number of hydrogen-bond donors (Lipinski definition) is 1. The highest BCUT2D eigenvalue weighted by atomic mass is 35.5. The average Bonchev–Trinajstić information content (AvgIpc) is 2.90. The maximum Gasteiger partial charge on any atom is 0.0474 e. The Morgan fingerprint density at radius 3 is 2.30 bits per heavy atom. The quantitative estimate of drug-likeness (QED) is 0.912. The van der Waals surface area contributed by atoms with E-state index >= 15 is 0 Å². The summed E-state index contributed by atoms with van der Waals surface area (Å²) in [6.45, 7) is 4.05. The molecule has 0 amide bonds. The van der Waals surface area contributed by atoms with Gasteiger partial charge < -0.3 is 10.2 Å². The molecule has 3 rings (SSSR count). The van der Waals surface area contributed by atoms with Gasteiger partial charge in [-0.15, -0.1) is 0 Å². The third-order valence-corrected chi connectivity index (χ3v) is 4.42. The molecule has 0 fully saturated rings. The van der Waals surface area contributed by atoms with Crippen molar-refractivity contribution in [3.8, 4) is 0 Å². The lowest BCUT2D eigenvalue weighted by Crippen LogP contribution is -2.16. The predicted molar refractivity (Wildman–Crippen MR) is 85.3 cm³/mol. The fourth-order valence-electron chi connectivity index (χ4n) is 2.74. The minimum Gasteiger partial charge on any atom is -0.363 e. The van der Waals surface area contributed by atoms with Crippen molar-refractivity contribution in [3.05, 3.63) is 64.2 Å². The zero-order chi connectivity index (χ0) is 14.1. The van der Waals surface area contributed by atoms with E-state index in [4.69, 9.17) is 11.6 Å². The summed E-state index contributed by atoms with van der Waals surface area (Å²) < 4.78 is 0. The lowest BCUT2D eigenvalue weighted by Gasteiger charge is -2.20. The van der Waals surface area contributed by atoms with Crippen LogP contribution in [0.4, 0.5) is 5.69 Å². The van der Waals surface area contributed by atoms with Crippen LogP contribution in [0.15, 0.2) is 42.5 Å². The van der Waals surface area contributed by atoms with Gasteiger partial charge in [0.25, 0.3) is 0 Å². The monoisotopic (exact) mass is 286 g/mol. The van der Waals surface area contributed by atoms with Crippen molar-refractivity contribution < 1.29 is 0 Å². The Balaban J connectivity index is 1.85. The number of halogens is 1. The lowest BCUT2D eigenvalue weighted by atomic mass is 10.1. The Labute approximate surface area is 125 Å². The first-order valence-electron chi connectivity index (χ1n) is 6.97. The van der Waals surface area contributed by atoms with E-state index in [1.54, 1.807) is 0 Å². The molecule has 2 nitrogen and oxygen atoms in total. The highest BCUT2D eigenvalue weighted by Gasteiger charge is 2.19. The number of hydrogen-bond acceptors (Lipinski definition) is 2. The molecule has 0 aromatic heterocycles. The first kappa shape index (κ1) is 13.5. The SMILES string of the molecule is CNC(C)c1ccc(N2Cc3ccccc3C2)cc1Cl. The average molecular weight is 287 g/mol. The van der Waals surface area contributed by atoms with Crippen molar-refractivity contribution in [2.24, 2.45) is 0 Å². The van der Waals surface area contributed by atoms with E-state index < -0.39 is 0 Å². The molecule has 0 aliphatic carbocycles. The summed E-state index contributed by atoms with van der Waals surface area (Å²) in [4.78, 5) is 2.37. The summed E-state index contributed by atoms with van der Waals surface area (Å²) >= 11 is 6.43. The number of nitrogens with one attached hydrogen (secondary N) is 1. The van der Waals surface area contributed by atoms with Gasteiger partial charge in [0, 0.05) is 29.8 Å². The van der Waals surface area contributed by atoms with Crippen molar-refractivity contribution in [2.45, 2.75) is 26.1 Å². The highest BCUT2D eigenvalue weighted by Crippen LogP contribution is 2.32. The minimum absolute atomic E-state index is 0.271. The van der Waals surface area contributed by atoms with E-state index in [-0.39, 0.29) is 6.04 Å². The van der Waals surface area contributed by atoms with Crippen molar-refractivity contribution in [1.29, 1.82) is 0 Å². The van der Waals surface area contributed by atoms with Crippen LogP contribution < -0.4 is 10.2 Å². The molecule has 1 aliphatic heterocycles. The van der Waals surface area contributed by atoms with E-state index in [0.29, 0.717) is 0 Å². The highest BCUT2D eigenvalue weighted by molar-refractivity contribution is 6.31. The molecule has 1 atom stereocenters. The number of rotatable bonds is 3. The fraction of sp³-hybridized carbons (Fsp3) is 0.294. The summed E-state index contributed by atoms with van der Waals surface area (Å²) in [5.41, 5.74) is 5.17. The molecule has 1 unspecified atom stereocenters. The molecule has 3 heteroatoms. The largest absolute Gasteiger partial charge is 0.363 e. The van der Waals surface area contributed by atoms with Gasteiger partial charge in [-0.25, -0.2) is 0 Å². The Hall–Kier alpha value is -1.51. The van der Waals surface area contributed by atoms with Crippen LogP contribution in [0.2, 0.25) is 5.02 Å². The molecular formula is C17H19ClN2. The molecule has 0 bridgehead atoms. The van der Waals surface area contributed by atoms with Gasteiger partial charge in [0.05, 0.1) is 0 Å². The van der Waals surface area contributed by atoms with E-state index in [1.807, 2.05) is 7.05 Å². The Kier molecular flexibility index (Phi) is 3.68. The smallest absolute Gasteiger partial charge is 0.0474 e. The van der Waals surface area contributed by atoms with Crippen LogP contribution >= 0.6 is 11.6 Å². The maximum absolute atomic E-state index is 6.43. The first-order chi connectivity index (χ1) is 9.69. The lowest BCUT2D eigenvalue weighted by molar-refractivity contribution is 0.652. The van der Waals surface area contributed by atoms with Crippen molar-refractivity contribution >= 4 is 17.3 Å². The van der Waals surface area contributed by atoms with Gasteiger partial charge in [-0.05, 0) is 42.8 Å². The summed E-state index contributed by atoms with van der Waals surface area (Å²) in [7, 11) is 1.95. The summed E-state index contributed by atoms with van der Waals surface area (Å²) in [5.74, 6) is 0. The molecule has 2 aromatic carbocycles. The van der Waals surface area contributed by atoms with Gasteiger partial charge in [0.2, 0.25) is 0 Å². The molecule has 0 radical (unpaired) electrons. The standard InChI is InChI=1S/C17H19ClN2/c1-12(19-2)16-8-7-15(9-17(16)18)20-10-13-5-3-4-6-14(13)11-20/h3-9,12,19H,10-11H2,1-2H3. The van der Waals surface area contributed by atoms with Gasteiger partial charge in [-0.2, -0.15) is 0 Å². The van der Waals surface area contributed by atoms with Gasteiger partial charge >= 0.3 is 0 Å². The molecule has 104 valence electrons. The van der Waals surface area contributed by atoms with Crippen LogP contribution in [0.3, 0.4) is 0 Å². The first-order valence-corrected chi connectivity index (χ1v) is 7.35. The van der Waals surface area contributed by atoms with Crippen LogP contribution in [0, 0.1) is 0 Å². The molecule has 20 heavy (non-hydrogen) atoms. The van der Waals surface area contributed by atoms with Crippen molar-refractivity contribution in [1.82, 2.24) is 5.32 Å². The molecule has 1 heterocycles. The normalized spacial score (nSPS) is 15.2. The Morgan fingerprint density at radius 1 is 1.10 bits per heavy atom. The van der Waals surface area contributed by atoms with Crippen molar-refractivity contribution in [2.75, 3.05) is 11.9 Å². The van der Waals surface area contributed by atoms with Crippen LogP contribution in [-0.4, -0.2) is 7.05 Å². The number of nitrogens with zero attached hydrogens (tertiary/aromatic N) is 1. The molecule has 0 spiro atoms. The maximum atomic E-state index is 6.43. The Bertz CT molecular complexity index is 599. The molecule has 2 aromatic rings. The minimum atomic E-state index is 0.271. The second-order valence-corrected chi connectivity index (χ2v) is 5.75. The number of anilines is 1. The molecule has 0 saturated carbocycles. The van der Waals surface area contributed by atoms with Crippen LogP contribution in [-0.2, 0) is 13.1 Å². The van der Waals surface area contributed by atoms with E-state index in [0.717, 1.165) is 23.7 Å². The Morgan fingerprint density at radius 2 is 1.75 bits per heavy atom. The second kappa shape index (κ2) is 5.47. The van der Waals surface area contributed by atoms with Gasteiger partial charge in [0.1, 0.15) is 0 Å². The molecule has 1 N–H and O–H groups in total. The van der Waals surface area contributed by atoms with Crippen LogP contribution in [0.5, 0.6) is 0 Å². The molecule has 0 saturated heterocycles. The summed E-state index contributed by atoms with van der Waals surface area (Å²) in [5, 5.41) is 4.06. The zero-order valence-electron chi connectivity index (χ0n) is 11.9. The van der Waals surface area contributed by atoms with Gasteiger partial charge in [-0.1, -0.05) is 41.9 Å². The predicted octanol–water partition coefficient (Wildman–Crippen LogP) is 4.14. The summed E-state index contributed by atoms with van der Waals surface area (Å²) in [6.07, 6.45) is 0.